The summed E-state index contributed by atoms with van der Waals surface area (Å²) in [5.74, 6) is 5.46. The highest BCUT2D eigenvalue weighted by Gasteiger charge is 2.24. The van der Waals surface area contributed by atoms with Gasteiger partial charge in [-0.25, -0.2) is 0 Å². The normalized spacial score (nSPS) is 14.1. The van der Waals surface area contributed by atoms with Crippen molar-refractivity contribution in [3.8, 4) is 0 Å². The predicted octanol–water partition coefficient (Wildman–Crippen LogP) is 1.02. The molecule has 18 heavy (non-hydrogen) atoms. The van der Waals surface area contributed by atoms with Gasteiger partial charge in [0.2, 0.25) is 0 Å². The first kappa shape index (κ1) is 12.3. The number of anilines is 1. The van der Waals surface area contributed by atoms with E-state index in [0.29, 0.717) is 12.5 Å². The van der Waals surface area contributed by atoms with Crippen LogP contribution in [0.5, 0.6) is 0 Å². The number of hydrogen-bond donors (Lipinski definition) is 3. The number of carbonyl (C=O) groups is 1. The lowest BCUT2D eigenvalue weighted by Gasteiger charge is -2.09. The van der Waals surface area contributed by atoms with Gasteiger partial charge in [0.1, 0.15) is 5.69 Å². The van der Waals surface area contributed by atoms with Gasteiger partial charge < -0.3 is 10.7 Å². The summed E-state index contributed by atoms with van der Waals surface area (Å²) in [4.78, 5) is 22.1. The zero-order valence-electron chi connectivity index (χ0n) is 9.68. The highest BCUT2D eigenvalue weighted by atomic mass is 16.6. The standard InChI is InChI=1S/C11H14N4O3/c12-14-10-8(2-1-3-9(10)15(17)18)11(16)13-6-7-4-5-7/h1-3,7,14H,4-6,12H2,(H,13,16). The van der Waals surface area contributed by atoms with Gasteiger partial charge in [0.05, 0.1) is 10.5 Å². The van der Waals surface area contributed by atoms with Crippen molar-refractivity contribution in [1.82, 2.24) is 5.32 Å². The number of para-hydroxylation sites is 1. The number of nitro groups is 1. The SMILES string of the molecule is NNc1c(C(=O)NCC2CC2)cccc1[N+](=O)[O-]. The minimum atomic E-state index is -0.577. The molecule has 2 rings (SSSR count). The van der Waals surface area contributed by atoms with Gasteiger partial charge in [-0.3, -0.25) is 20.8 Å². The number of hydrazine groups is 1. The van der Waals surface area contributed by atoms with E-state index in [-0.39, 0.29) is 22.8 Å². The van der Waals surface area contributed by atoms with Gasteiger partial charge in [-0.15, -0.1) is 0 Å². The average molecular weight is 250 g/mol. The molecule has 0 heterocycles. The quantitative estimate of drug-likeness (QED) is 0.410. The van der Waals surface area contributed by atoms with Crippen LogP contribution in [0.15, 0.2) is 18.2 Å². The molecule has 7 nitrogen and oxygen atoms in total. The van der Waals surface area contributed by atoms with Crippen LogP contribution in [0.3, 0.4) is 0 Å². The molecule has 0 aromatic heterocycles. The molecule has 1 amide bonds. The molecule has 0 atom stereocenters. The van der Waals surface area contributed by atoms with Crippen molar-refractivity contribution in [3.63, 3.8) is 0 Å². The second kappa shape index (κ2) is 5.01. The smallest absolute Gasteiger partial charge is 0.294 e. The summed E-state index contributed by atoms with van der Waals surface area (Å²) >= 11 is 0. The van der Waals surface area contributed by atoms with E-state index in [9.17, 15) is 14.9 Å². The van der Waals surface area contributed by atoms with Crippen LogP contribution < -0.4 is 16.6 Å². The zero-order chi connectivity index (χ0) is 13.1. The molecule has 7 heteroatoms. The van der Waals surface area contributed by atoms with E-state index in [1.165, 1.54) is 18.2 Å². The average Bonchev–Trinajstić information content (AvgIpc) is 3.18. The maximum atomic E-state index is 11.9. The van der Waals surface area contributed by atoms with Crippen LogP contribution in [-0.2, 0) is 0 Å². The summed E-state index contributed by atoms with van der Waals surface area (Å²) in [6.07, 6.45) is 2.24. The fourth-order valence-electron chi connectivity index (χ4n) is 1.69. The molecule has 0 aliphatic heterocycles. The lowest BCUT2D eigenvalue weighted by atomic mass is 10.1. The number of nitrogen functional groups attached to an aromatic ring is 1. The number of carbonyl (C=O) groups excluding carboxylic acids is 1. The van der Waals surface area contributed by atoms with Crippen LogP contribution in [0.4, 0.5) is 11.4 Å². The first-order valence-corrected chi connectivity index (χ1v) is 5.65. The third-order valence-electron chi connectivity index (χ3n) is 2.88. The molecule has 4 N–H and O–H groups in total. The minimum Gasteiger partial charge on any atom is -0.352 e. The molecule has 0 spiro atoms. The number of nitro benzene ring substituents is 1. The van der Waals surface area contributed by atoms with Crippen LogP contribution in [0.2, 0.25) is 0 Å². The number of hydrogen-bond acceptors (Lipinski definition) is 5. The van der Waals surface area contributed by atoms with Crippen LogP contribution in [0.1, 0.15) is 23.2 Å². The van der Waals surface area contributed by atoms with E-state index in [1.807, 2.05) is 0 Å². The predicted molar refractivity (Wildman–Crippen MR) is 66.0 cm³/mol. The molecule has 1 aliphatic rings. The van der Waals surface area contributed by atoms with E-state index >= 15 is 0 Å². The van der Waals surface area contributed by atoms with Gasteiger partial charge >= 0.3 is 0 Å². The van der Waals surface area contributed by atoms with Gasteiger partial charge in [0, 0.05) is 12.6 Å². The molecule has 0 bridgehead atoms. The Labute approximate surface area is 103 Å². The molecular weight excluding hydrogens is 236 g/mol. The van der Waals surface area contributed by atoms with Crippen LogP contribution in [0, 0.1) is 16.0 Å². The van der Waals surface area contributed by atoms with Crippen LogP contribution in [-0.4, -0.2) is 17.4 Å². The molecule has 0 unspecified atom stereocenters. The third kappa shape index (κ3) is 2.57. The maximum Gasteiger partial charge on any atom is 0.294 e. The highest BCUT2D eigenvalue weighted by molar-refractivity contribution is 6.01. The summed E-state index contributed by atoms with van der Waals surface area (Å²) in [5.41, 5.74) is 2.24. The van der Waals surface area contributed by atoms with Crippen molar-refractivity contribution in [2.24, 2.45) is 11.8 Å². The van der Waals surface area contributed by atoms with Crippen molar-refractivity contribution >= 4 is 17.3 Å². The second-order valence-corrected chi connectivity index (χ2v) is 4.25. The largest absolute Gasteiger partial charge is 0.352 e. The lowest BCUT2D eigenvalue weighted by molar-refractivity contribution is -0.384. The van der Waals surface area contributed by atoms with Crippen molar-refractivity contribution in [1.29, 1.82) is 0 Å². The van der Waals surface area contributed by atoms with E-state index in [1.54, 1.807) is 0 Å². The molecule has 1 aromatic rings. The maximum absolute atomic E-state index is 11.9. The van der Waals surface area contributed by atoms with E-state index < -0.39 is 4.92 Å². The van der Waals surface area contributed by atoms with Crippen molar-refractivity contribution in [2.75, 3.05) is 12.0 Å². The van der Waals surface area contributed by atoms with E-state index in [0.717, 1.165) is 12.8 Å². The van der Waals surface area contributed by atoms with Gasteiger partial charge in [0.25, 0.3) is 11.6 Å². The summed E-state index contributed by atoms with van der Waals surface area (Å²) in [7, 11) is 0. The first-order valence-electron chi connectivity index (χ1n) is 5.65. The molecule has 0 radical (unpaired) electrons. The Balaban J connectivity index is 2.21. The number of amides is 1. The van der Waals surface area contributed by atoms with Gasteiger partial charge in [-0.2, -0.15) is 0 Å². The van der Waals surface area contributed by atoms with E-state index in [2.05, 4.69) is 10.7 Å². The van der Waals surface area contributed by atoms with Crippen LogP contribution >= 0.6 is 0 Å². The molecule has 1 aliphatic carbocycles. The number of nitrogens with one attached hydrogen (secondary N) is 2. The Hall–Kier alpha value is -2.15. The second-order valence-electron chi connectivity index (χ2n) is 4.25. The summed E-state index contributed by atoms with van der Waals surface area (Å²) in [6, 6.07) is 4.27. The Morgan fingerprint density at radius 3 is 2.78 bits per heavy atom. The molecule has 1 saturated carbocycles. The number of nitrogens with zero attached hydrogens (tertiary/aromatic N) is 1. The van der Waals surface area contributed by atoms with Crippen LogP contribution in [0.25, 0.3) is 0 Å². The Morgan fingerprint density at radius 1 is 1.50 bits per heavy atom. The number of nitrogens with two attached hydrogens (primary N) is 1. The minimum absolute atomic E-state index is 0.0378. The molecule has 96 valence electrons. The van der Waals surface area contributed by atoms with E-state index in [4.69, 9.17) is 5.84 Å². The highest BCUT2D eigenvalue weighted by Crippen LogP contribution is 2.29. The topological polar surface area (TPSA) is 110 Å². The molecular formula is C11H14N4O3. The fourth-order valence-corrected chi connectivity index (χ4v) is 1.69. The van der Waals surface area contributed by atoms with Crippen molar-refractivity contribution in [2.45, 2.75) is 12.8 Å². The third-order valence-corrected chi connectivity index (χ3v) is 2.88. The summed E-state index contributed by atoms with van der Waals surface area (Å²) in [5, 5.41) is 13.6. The van der Waals surface area contributed by atoms with Gasteiger partial charge in [-0.1, -0.05) is 6.07 Å². The number of benzene rings is 1. The van der Waals surface area contributed by atoms with Gasteiger partial charge in [0.15, 0.2) is 0 Å². The molecule has 0 saturated heterocycles. The summed E-state index contributed by atoms with van der Waals surface area (Å²) < 4.78 is 0. The summed E-state index contributed by atoms with van der Waals surface area (Å²) in [6.45, 7) is 0.603. The molecule has 1 fully saturated rings. The van der Waals surface area contributed by atoms with Crippen molar-refractivity contribution < 1.29 is 9.72 Å². The first-order chi connectivity index (χ1) is 8.63. The number of rotatable bonds is 5. The molecule has 1 aromatic carbocycles. The van der Waals surface area contributed by atoms with Crippen molar-refractivity contribution in [3.05, 3.63) is 33.9 Å². The zero-order valence-corrected chi connectivity index (χ0v) is 9.68. The monoisotopic (exact) mass is 250 g/mol. The Morgan fingerprint density at radius 2 is 2.22 bits per heavy atom. The lowest BCUT2D eigenvalue weighted by Crippen LogP contribution is -2.27. The Kier molecular flexibility index (Phi) is 3.42. The fraction of sp³-hybridized carbons (Fsp3) is 0.364. The van der Waals surface area contributed by atoms with Gasteiger partial charge in [-0.05, 0) is 24.8 Å². The Bertz CT molecular complexity index is 485.